The van der Waals surface area contributed by atoms with Crippen molar-refractivity contribution < 1.29 is 13.0 Å². The largest absolute Gasteiger partial charge is 0.323 e. The Labute approximate surface area is 138 Å². The van der Waals surface area contributed by atoms with Gasteiger partial charge in [-0.3, -0.25) is 4.55 Å². The zero-order valence-electron chi connectivity index (χ0n) is 13.4. The van der Waals surface area contributed by atoms with E-state index in [-0.39, 0.29) is 0 Å². The quantitative estimate of drug-likeness (QED) is 0.430. The summed E-state index contributed by atoms with van der Waals surface area (Å²) in [5, 5.41) is 2.81. The maximum atomic E-state index is 11.6. The zero-order chi connectivity index (χ0) is 16.4. The minimum atomic E-state index is -4.12. The summed E-state index contributed by atoms with van der Waals surface area (Å²) < 4.78 is 32.6. The zero-order valence-corrected chi connectivity index (χ0v) is 15.0. The van der Waals surface area contributed by atoms with E-state index in [9.17, 15) is 13.0 Å². The third-order valence-electron chi connectivity index (χ3n) is 4.05. The van der Waals surface area contributed by atoms with Gasteiger partial charge in [-0.05, 0) is 28.8 Å². The summed E-state index contributed by atoms with van der Waals surface area (Å²) in [5.74, 6) is 0. The number of unbranched alkanes of at least 4 members (excludes halogenated alkanes) is 7. The van der Waals surface area contributed by atoms with Gasteiger partial charge < -0.3 is 5.73 Å². The average molecular weight is 348 g/mol. The van der Waals surface area contributed by atoms with Crippen molar-refractivity contribution in [2.75, 3.05) is 0 Å². The fraction of sp³-hybridized carbons (Fsp3) is 0.750. The monoisotopic (exact) mass is 347 g/mol. The van der Waals surface area contributed by atoms with E-state index in [0.29, 0.717) is 6.42 Å². The van der Waals surface area contributed by atoms with E-state index < -0.39 is 21.4 Å². The first-order chi connectivity index (χ1) is 10.5. The highest BCUT2D eigenvalue weighted by atomic mass is 32.2. The molecule has 4 nitrogen and oxygen atoms in total. The molecule has 1 rings (SSSR count). The molecule has 0 saturated carbocycles. The van der Waals surface area contributed by atoms with Crippen LogP contribution in [0.2, 0.25) is 0 Å². The Kier molecular flexibility index (Phi) is 9.24. The van der Waals surface area contributed by atoms with Gasteiger partial charge in [0.2, 0.25) is 0 Å². The van der Waals surface area contributed by atoms with E-state index in [1.54, 1.807) is 0 Å². The molecule has 2 unspecified atom stereocenters. The van der Waals surface area contributed by atoms with Gasteiger partial charge in [0.15, 0.2) is 0 Å². The summed E-state index contributed by atoms with van der Waals surface area (Å²) in [7, 11) is -4.12. The molecule has 3 N–H and O–H groups in total. The molecule has 6 heteroatoms. The molecule has 0 aliphatic heterocycles. The number of thiophene rings is 1. The van der Waals surface area contributed by atoms with Crippen LogP contribution in [-0.4, -0.2) is 18.2 Å². The standard InChI is InChI=1S/C16H29NO3S2/c1-2-3-4-5-6-7-8-9-10-15(22(18,19)20)16(17)14-11-12-21-13-14/h11-13,15-16H,2-10,17H2,1H3,(H,18,19,20). The van der Waals surface area contributed by atoms with Crippen LogP contribution in [0, 0.1) is 0 Å². The lowest BCUT2D eigenvalue weighted by atomic mass is 10.0. The minimum Gasteiger partial charge on any atom is -0.323 e. The Balaban J connectivity index is 2.35. The first-order valence-electron chi connectivity index (χ1n) is 8.20. The van der Waals surface area contributed by atoms with Crippen LogP contribution in [0.5, 0.6) is 0 Å². The molecule has 0 radical (unpaired) electrons. The number of hydrogen-bond acceptors (Lipinski definition) is 4. The van der Waals surface area contributed by atoms with E-state index in [1.165, 1.54) is 43.4 Å². The molecule has 0 aromatic carbocycles. The fourth-order valence-corrected chi connectivity index (χ4v) is 4.37. The Bertz CT molecular complexity index is 485. The molecular weight excluding hydrogens is 318 g/mol. The lowest BCUT2D eigenvalue weighted by Crippen LogP contribution is -2.33. The fourth-order valence-electron chi connectivity index (χ4n) is 2.67. The summed E-state index contributed by atoms with van der Waals surface area (Å²) in [6, 6.07) is 1.17. The van der Waals surface area contributed by atoms with Gasteiger partial charge >= 0.3 is 0 Å². The molecule has 1 heterocycles. The lowest BCUT2D eigenvalue weighted by molar-refractivity contribution is 0.438. The van der Waals surface area contributed by atoms with E-state index >= 15 is 0 Å². The molecule has 0 aliphatic rings. The lowest BCUT2D eigenvalue weighted by Gasteiger charge is -2.20. The van der Waals surface area contributed by atoms with Gasteiger partial charge in [0.05, 0.1) is 0 Å². The van der Waals surface area contributed by atoms with E-state index in [4.69, 9.17) is 5.73 Å². The minimum absolute atomic E-state index is 0.421. The van der Waals surface area contributed by atoms with Gasteiger partial charge in [-0.15, -0.1) is 0 Å². The van der Waals surface area contributed by atoms with Crippen LogP contribution in [0.15, 0.2) is 16.8 Å². The van der Waals surface area contributed by atoms with Crippen LogP contribution in [-0.2, 0) is 10.1 Å². The highest BCUT2D eigenvalue weighted by Crippen LogP contribution is 2.25. The van der Waals surface area contributed by atoms with Crippen LogP contribution >= 0.6 is 11.3 Å². The van der Waals surface area contributed by atoms with Gasteiger partial charge in [0.1, 0.15) is 5.25 Å². The molecule has 1 aromatic heterocycles. The molecular formula is C16H29NO3S2. The Morgan fingerprint density at radius 1 is 1.14 bits per heavy atom. The predicted molar refractivity (Wildman–Crippen MR) is 93.8 cm³/mol. The van der Waals surface area contributed by atoms with Crippen LogP contribution in [0.25, 0.3) is 0 Å². The highest BCUT2D eigenvalue weighted by molar-refractivity contribution is 7.86. The SMILES string of the molecule is CCCCCCCCCCC(C(N)c1ccsc1)S(=O)(=O)O. The van der Waals surface area contributed by atoms with Gasteiger partial charge in [-0.1, -0.05) is 58.3 Å². The van der Waals surface area contributed by atoms with E-state index in [1.807, 2.05) is 16.8 Å². The Morgan fingerprint density at radius 3 is 2.23 bits per heavy atom. The molecule has 2 atom stereocenters. The van der Waals surface area contributed by atoms with E-state index in [0.717, 1.165) is 24.8 Å². The molecule has 0 spiro atoms. The van der Waals surface area contributed by atoms with Crippen LogP contribution in [0.4, 0.5) is 0 Å². The second kappa shape index (κ2) is 10.4. The first kappa shape index (κ1) is 19.6. The summed E-state index contributed by atoms with van der Waals surface area (Å²) in [6.45, 7) is 2.20. The molecule has 0 amide bonds. The van der Waals surface area contributed by atoms with Crippen molar-refractivity contribution >= 4 is 21.5 Å². The highest BCUT2D eigenvalue weighted by Gasteiger charge is 2.30. The number of hydrogen-bond donors (Lipinski definition) is 2. The van der Waals surface area contributed by atoms with Crippen LogP contribution < -0.4 is 5.73 Å². The summed E-state index contributed by atoms with van der Waals surface area (Å²) in [6.07, 6.45) is 9.60. The molecule has 0 aliphatic carbocycles. The maximum absolute atomic E-state index is 11.6. The van der Waals surface area contributed by atoms with Crippen molar-refractivity contribution in [3.63, 3.8) is 0 Å². The van der Waals surface area contributed by atoms with Crippen molar-refractivity contribution in [2.24, 2.45) is 5.73 Å². The van der Waals surface area contributed by atoms with Crippen molar-refractivity contribution in [1.29, 1.82) is 0 Å². The predicted octanol–water partition coefficient (Wildman–Crippen LogP) is 4.54. The Morgan fingerprint density at radius 2 is 1.73 bits per heavy atom. The third kappa shape index (κ3) is 7.22. The molecule has 0 bridgehead atoms. The normalized spacial score (nSPS) is 14.9. The summed E-state index contributed by atoms with van der Waals surface area (Å²) in [4.78, 5) is 0. The molecule has 22 heavy (non-hydrogen) atoms. The molecule has 0 saturated heterocycles. The average Bonchev–Trinajstić information content (AvgIpc) is 2.98. The van der Waals surface area contributed by atoms with Crippen molar-refractivity contribution in [1.82, 2.24) is 0 Å². The first-order valence-corrected chi connectivity index (χ1v) is 10.7. The van der Waals surface area contributed by atoms with Gasteiger partial charge in [0, 0.05) is 6.04 Å². The maximum Gasteiger partial charge on any atom is 0.269 e. The van der Waals surface area contributed by atoms with Crippen LogP contribution in [0.3, 0.4) is 0 Å². The van der Waals surface area contributed by atoms with Gasteiger partial charge in [0.25, 0.3) is 10.1 Å². The molecule has 1 aromatic rings. The molecule has 0 fully saturated rings. The molecule has 128 valence electrons. The second-order valence-electron chi connectivity index (χ2n) is 5.90. The van der Waals surface area contributed by atoms with E-state index in [2.05, 4.69) is 6.92 Å². The summed E-state index contributed by atoms with van der Waals surface area (Å²) in [5.41, 5.74) is 6.82. The van der Waals surface area contributed by atoms with Crippen molar-refractivity contribution in [3.8, 4) is 0 Å². The number of rotatable bonds is 12. The van der Waals surface area contributed by atoms with Crippen LogP contribution in [0.1, 0.15) is 76.3 Å². The number of nitrogens with two attached hydrogens (primary N) is 1. The van der Waals surface area contributed by atoms with Crippen molar-refractivity contribution in [2.45, 2.75) is 76.0 Å². The smallest absolute Gasteiger partial charge is 0.269 e. The van der Waals surface area contributed by atoms with Crippen molar-refractivity contribution in [3.05, 3.63) is 22.4 Å². The second-order valence-corrected chi connectivity index (χ2v) is 8.31. The summed E-state index contributed by atoms with van der Waals surface area (Å²) >= 11 is 1.48. The van der Waals surface area contributed by atoms with Gasteiger partial charge in [-0.2, -0.15) is 19.8 Å². The third-order valence-corrected chi connectivity index (χ3v) is 6.05. The van der Waals surface area contributed by atoms with Gasteiger partial charge in [-0.25, -0.2) is 0 Å². The topological polar surface area (TPSA) is 80.4 Å². The Hall–Kier alpha value is -0.430.